The summed E-state index contributed by atoms with van der Waals surface area (Å²) in [6.45, 7) is -1.47. The van der Waals surface area contributed by atoms with Crippen LogP contribution in [0.2, 0.25) is 0 Å². The Bertz CT molecular complexity index is 1030. The van der Waals surface area contributed by atoms with E-state index in [-0.39, 0.29) is 25.6 Å². The van der Waals surface area contributed by atoms with Crippen molar-refractivity contribution in [2.24, 2.45) is 5.92 Å². The van der Waals surface area contributed by atoms with Gasteiger partial charge in [-0.05, 0) is 35.1 Å². The van der Waals surface area contributed by atoms with Gasteiger partial charge in [-0.1, -0.05) is 48.5 Å². The lowest BCUT2D eigenvalue weighted by Crippen LogP contribution is -2.53. The highest BCUT2D eigenvalue weighted by Crippen LogP contribution is 2.44. The van der Waals surface area contributed by atoms with E-state index in [1.165, 1.54) is 0 Å². The number of carboxylic acid groups (broad SMARTS) is 1. The topological polar surface area (TPSA) is 95.9 Å². The van der Waals surface area contributed by atoms with Crippen molar-refractivity contribution < 1.29 is 33.0 Å². The number of carboxylic acids is 1. The predicted molar refractivity (Wildman–Crippen MR) is 115 cm³/mol. The molecule has 1 heterocycles. The van der Waals surface area contributed by atoms with E-state index < -0.39 is 36.4 Å². The van der Waals surface area contributed by atoms with Crippen molar-refractivity contribution in [1.82, 2.24) is 10.2 Å². The lowest BCUT2D eigenvalue weighted by atomic mass is 9.98. The third kappa shape index (κ3) is 4.67. The third-order valence-electron chi connectivity index (χ3n) is 6.17. The first-order valence-electron chi connectivity index (χ1n) is 10.8. The number of aliphatic carboxylic acids is 1. The number of nitrogens with zero attached hydrogens (tertiary/aromatic N) is 1. The number of benzene rings is 2. The minimum atomic E-state index is -3.87. The summed E-state index contributed by atoms with van der Waals surface area (Å²) in [4.78, 5) is 36.3. The zero-order valence-corrected chi connectivity index (χ0v) is 17.8. The zero-order chi connectivity index (χ0) is 23.6. The van der Waals surface area contributed by atoms with Gasteiger partial charge in [0.25, 0.3) is 5.91 Å². The molecule has 33 heavy (non-hydrogen) atoms. The number of hydrogen-bond donors (Lipinski definition) is 2. The van der Waals surface area contributed by atoms with Gasteiger partial charge in [-0.15, -0.1) is 0 Å². The first-order chi connectivity index (χ1) is 15.8. The number of likely N-dealkylation sites (tertiary alicyclic amines) is 1. The van der Waals surface area contributed by atoms with Crippen LogP contribution < -0.4 is 5.32 Å². The first-order valence-corrected chi connectivity index (χ1v) is 10.8. The molecule has 1 atom stereocenters. The van der Waals surface area contributed by atoms with Crippen LogP contribution in [0.3, 0.4) is 0 Å². The van der Waals surface area contributed by atoms with Gasteiger partial charge in [0, 0.05) is 19.0 Å². The number of fused-ring (bicyclic) bond motifs is 3. The molecule has 7 nitrogen and oxygen atoms in total. The van der Waals surface area contributed by atoms with E-state index in [4.69, 9.17) is 9.84 Å². The van der Waals surface area contributed by atoms with Crippen molar-refractivity contribution in [3.8, 4) is 11.1 Å². The van der Waals surface area contributed by atoms with Crippen molar-refractivity contribution in [2.45, 2.75) is 24.7 Å². The molecule has 1 saturated heterocycles. The number of carbonyl (C=O) groups excluding carboxylic acids is 2. The molecule has 4 rings (SSSR count). The summed E-state index contributed by atoms with van der Waals surface area (Å²) in [5, 5.41) is 11.1. The van der Waals surface area contributed by atoms with Crippen molar-refractivity contribution in [3.63, 3.8) is 0 Å². The Labute approximate surface area is 189 Å². The number of alkyl halides is 2. The Morgan fingerprint density at radius 1 is 1.06 bits per heavy atom. The Kier molecular flexibility index (Phi) is 6.31. The van der Waals surface area contributed by atoms with Gasteiger partial charge in [-0.2, -0.15) is 8.78 Å². The summed E-state index contributed by atoms with van der Waals surface area (Å²) < 4.78 is 34.1. The fraction of sp³-hybridized carbons (Fsp3) is 0.375. The van der Waals surface area contributed by atoms with E-state index in [2.05, 4.69) is 0 Å². The van der Waals surface area contributed by atoms with Crippen molar-refractivity contribution in [3.05, 3.63) is 59.7 Å². The summed E-state index contributed by atoms with van der Waals surface area (Å²) in [6.07, 6.45) is -0.382. The fourth-order valence-electron chi connectivity index (χ4n) is 4.50. The summed E-state index contributed by atoms with van der Waals surface area (Å²) in [5.74, 6) is -7.56. The minimum Gasteiger partial charge on any atom is -0.481 e. The molecule has 2 aliphatic rings. The molecule has 2 aromatic carbocycles. The maximum atomic E-state index is 14.4. The van der Waals surface area contributed by atoms with Gasteiger partial charge < -0.3 is 20.1 Å². The molecule has 9 heteroatoms. The number of alkyl carbamates (subject to hydrolysis) is 1. The van der Waals surface area contributed by atoms with Gasteiger partial charge in [0.2, 0.25) is 0 Å². The predicted octanol–water partition coefficient (Wildman–Crippen LogP) is 3.48. The standard InChI is InChI=1S/C24H24F2N2O5/c25-24(26,22(31)28-11-5-6-15(12-28)21(29)30)14-27-23(32)33-13-20-18-9-3-1-7-16(18)17-8-2-4-10-19(17)20/h1-4,7-10,15,20H,5-6,11-14H2,(H,27,32)(H,29,30). The molecule has 0 saturated carbocycles. The summed E-state index contributed by atoms with van der Waals surface area (Å²) >= 11 is 0. The number of carbonyl (C=O) groups is 3. The second kappa shape index (κ2) is 9.17. The number of halogens is 2. The second-order valence-electron chi connectivity index (χ2n) is 8.31. The fourth-order valence-corrected chi connectivity index (χ4v) is 4.50. The molecule has 0 aromatic heterocycles. The molecular formula is C24H24F2N2O5. The lowest BCUT2D eigenvalue weighted by molar-refractivity contribution is -0.160. The number of ether oxygens (including phenoxy) is 1. The molecule has 0 bridgehead atoms. The molecule has 1 fully saturated rings. The van der Waals surface area contributed by atoms with E-state index in [1.807, 2.05) is 53.8 Å². The molecule has 2 N–H and O–H groups in total. The molecule has 2 amide bonds. The van der Waals surface area contributed by atoms with Crippen LogP contribution in [-0.2, 0) is 14.3 Å². The van der Waals surface area contributed by atoms with Gasteiger partial charge in [0.1, 0.15) is 6.61 Å². The van der Waals surface area contributed by atoms with Crippen LogP contribution in [0.4, 0.5) is 13.6 Å². The SMILES string of the molecule is O=C(NCC(F)(F)C(=O)N1CCCC(C(=O)O)C1)OCC1c2ccccc2-c2ccccc21. The Hall–Kier alpha value is -3.49. The van der Waals surface area contributed by atoms with E-state index in [0.717, 1.165) is 27.2 Å². The zero-order valence-electron chi connectivity index (χ0n) is 17.8. The Morgan fingerprint density at radius 3 is 2.27 bits per heavy atom. The van der Waals surface area contributed by atoms with Crippen LogP contribution in [0.5, 0.6) is 0 Å². The van der Waals surface area contributed by atoms with Gasteiger partial charge in [0.05, 0.1) is 12.5 Å². The van der Waals surface area contributed by atoms with Gasteiger partial charge in [0.15, 0.2) is 0 Å². The molecule has 174 valence electrons. The van der Waals surface area contributed by atoms with Gasteiger partial charge in [-0.3, -0.25) is 9.59 Å². The highest BCUT2D eigenvalue weighted by molar-refractivity contribution is 5.85. The molecular weight excluding hydrogens is 434 g/mol. The molecule has 1 unspecified atom stereocenters. The van der Waals surface area contributed by atoms with Gasteiger partial charge >= 0.3 is 18.0 Å². The smallest absolute Gasteiger partial charge is 0.407 e. The van der Waals surface area contributed by atoms with E-state index in [0.29, 0.717) is 12.8 Å². The van der Waals surface area contributed by atoms with E-state index in [1.54, 1.807) is 0 Å². The van der Waals surface area contributed by atoms with Crippen LogP contribution in [0.25, 0.3) is 11.1 Å². The highest BCUT2D eigenvalue weighted by atomic mass is 19.3. The quantitative estimate of drug-likeness (QED) is 0.691. The number of nitrogens with one attached hydrogen (secondary N) is 1. The first kappa shape index (κ1) is 22.7. The monoisotopic (exact) mass is 458 g/mol. The molecule has 0 spiro atoms. The molecule has 1 aliphatic carbocycles. The van der Waals surface area contributed by atoms with E-state index in [9.17, 15) is 23.2 Å². The lowest BCUT2D eigenvalue weighted by Gasteiger charge is -2.33. The number of hydrogen-bond acceptors (Lipinski definition) is 4. The van der Waals surface area contributed by atoms with Crippen LogP contribution in [0, 0.1) is 5.92 Å². The minimum absolute atomic E-state index is 0.0359. The van der Waals surface area contributed by atoms with Crippen molar-refractivity contribution in [1.29, 1.82) is 0 Å². The number of amides is 2. The summed E-state index contributed by atoms with van der Waals surface area (Å²) in [5.41, 5.74) is 4.07. The summed E-state index contributed by atoms with van der Waals surface area (Å²) in [7, 11) is 0. The average Bonchev–Trinajstić information content (AvgIpc) is 3.15. The number of piperidine rings is 1. The highest BCUT2D eigenvalue weighted by Gasteiger charge is 2.44. The Morgan fingerprint density at radius 2 is 1.67 bits per heavy atom. The largest absolute Gasteiger partial charge is 0.481 e. The maximum absolute atomic E-state index is 14.4. The van der Waals surface area contributed by atoms with Crippen LogP contribution in [0.15, 0.2) is 48.5 Å². The van der Waals surface area contributed by atoms with E-state index >= 15 is 0 Å². The summed E-state index contributed by atoms with van der Waals surface area (Å²) in [6, 6.07) is 15.5. The molecule has 1 aliphatic heterocycles. The van der Waals surface area contributed by atoms with Crippen LogP contribution in [-0.4, -0.2) is 60.1 Å². The Balaban J connectivity index is 1.33. The number of rotatable bonds is 6. The molecule has 2 aromatic rings. The maximum Gasteiger partial charge on any atom is 0.407 e. The normalized spacial score (nSPS) is 17.8. The van der Waals surface area contributed by atoms with Crippen molar-refractivity contribution >= 4 is 18.0 Å². The van der Waals surface area contributed by atoms with Crippen LogP contribution >= 0.6 is 0 Å². The second-order valence-corrected chi connectivity index (χ2v) is 8.31. The van der Waals surface area contributed by atoms with Crippen molar-refractivity contribution in [2.75, 3.05) is 26.2 Å². The van der Waals surface area contributed by atoms with Crippen LogP contribution in [0.1, 0.15) is 29.9 Å². The third-order valence-corrected chi connectivity index (χ3v) is 6.17. The average molecular weight is 458 g/mol. The van der Waals surface area contributed by atoms with Gasteiger partial charge in [-0.25, -0.2) is 4.79 Å². The molecule has 0 radical (unpaired) electrons.